The number of rotatable bonds is 6. The first-order valence-electron chi connectivity index (χ1n) is 7.91. The summed E-state index contributed by atoms with van der Waals surface area (Å²) < 4.78 is 84.4. The van der Waals surface area contributed by atoms with Gasteiger partial charge in [0.25, 0.3) is 0 Å². The normalized spacial score (nSPS) is 13.2. The van der Waals surface area contributed by atoms with Gasteiger partial charge < -0.3 is 19.5 Å². The lowest BCUT2D eigenvalue weighted by Gasteiger charge is -2.26. The van der Waals surface area contributed by atoms with E-state index in [4.69, 9.17) is 4.74 Å². The van der Waals surface area contributed by atoms with Crippen molar-refractivity contribution in [3.63, 3.8) is 0 Å². The zero-order chi connectivity index (χ0) is 21.1. The third kappa shape index (κ3) is 5.44. The maximum Gasteiger partial charge on any atom is 0.573 e. The molecule has 0 spiro atoms. The summed E-state index contributed by atoms with van der Waals surface area (Å²) in [5.74, 6) is -0.304. The Labute approximate surface area is 156 Å². The molecule has 0 aliphatic carbocycles. The van der Waals surface area contributed by atoms with Gasteiger partial charge in [-0.1, -0.05) is 24.3 Å². The fraction of sp³-hybridized carbons (Fsp3) is 0.333. The maximum atomic E-state index is 12.6. The SMILES string of the molecule is COc1c(-c2cccc(OC(F)(F)F)c2)cccc1N(C)CC(O)C(F)(F)F. The predicted octanol–water partition coefficient (Wildman–Crippen LogP) is 4.62. The number of ether oxygens (including phenoxy) is 2. The van der Waals surface area contributed by atoms with Crippen molar-refractivity contribution in [2.75, 3.05) is 25.6 Å². The second-order valence-electron chi connectivity index (χ2n) is 5.87. The molecule has 0 amide bonds. The highest BCUT2D eigenvalue weighted by Crippen LogP contribution is 2.39. The summed E-state index contributed by atoms with van der Waals surface area (Å²) in [5.41, 5.74) is 0.886. The molecular formula is C18H17F6NO3. The summed E-state index contributed by atoms with van der Waals surface area (Å²) in [7, 11) is 2.62. The molecule has 1 unspecified atom stereocenters. The molecule has 0 aliphatic rings. The fourth-order valence-corrected chi connectivity index (χ4v) is 2.59. The van der Waals surface area contributed by atoms with Gasteiger partial charge in [0, 0.05) is 12.6 Å². The third-order valence-corrected chi connectivity index (χ3v) is 3.81. The number of alkyl halides is 6. The number of halogens is 6. The smallest absolute Gasteiger partial charge is 0.494 e. The Morgan fingerprint density at radius 2 is 1.68 bits per heavy atom. The third-order valence-electron chi connectivity index (χ3n) is 3.81. The van der Waals surface area contributed by atoms with Gasteiger partial charge >= 0.3 is 12.5 Å². The number of aliphatic hydroxyl groups is 1. The molecule has 28 heavy (non-hydrogen) atoms. The average molecular weight is 409 g/mol. The topological polar surface area (TPSA) is 41.9 Å². The number of anilines is 1. The van der Waals surface area contributed by atoms with E-state index in [1.165, 1.54) is 38.4 Å². The monoisotopic (exact) mass is 409 g/mol. The van der Waals surface area contributed by atoms with Crippen LogP contribution in [0.3, 0.4) is 0 Å². The summed E-state index contributed by atoms with van der Waals surface area (Å²) in [6.45, 7) is -0.749. The second-order valence-corrected chi connectivity index (χ2v) is 5.87. The van der Waals surface area contributed by atoms with Crippen LogP contribution in [-0.4, -0.2) is 44.5 Å². The predicted molar refractivity (Wildman–Crippen MR) is 90.4 cm³/mol. The van der Waals surface area contributed by atoms with Crippen LogP contribution in [0.5, 0.6) is 11.5 Å². The molecule has 0 fully saturated rings. The molecule has 2 aromatic rings. The van der Waals surface area contributed by atoms with Crippen LogP contribution in [0.1, 0.15) is 0 Å². The lowest BCUT2D eigenvalue weighted by Crippen LogP contribution is -2.39. The van der Waals surface area contributed by atoms with E-state index < -0.39 is 30.9 Å². The van der Waals surface area contributed by atoms with Crippen molar-refractivity contribution < 1.29 is 40.9 Å². The molecule has 0 saturated heterocycles. The Kier molecular flexibility index (Phi) is 6.33. The number of hydrogen-bond acceptors (Lipinski definition) is 4. The first-order valence-corrected chi connectivity index (χ1v) is 7.91. The van der Waals surface area contributed by atoms with Crippen molar-refractivity contribution in [3.8, 4) is 22.6 Å². The van der Waals surface area contributed by atoms with E-state index in [0.29, 0.717) is 11.1 Å². The molecule has 1 atom stereocenters. The van der Waals surface area contributed by atoms with Crippen LogP contribution in [0.15, 0.2) is 42.5 Å². The van der Waals surface area contributed by atoms with E-state index in [2.05, 4.69) is 4.74 Å². The zero-order valence-electron chi connectivity index (χ0n) is 14.8. The summed E-state index contributed by atoms with van der Waals surface area (Å²) in [6, 6.07) is 9.65. The number of nitrogens with zero attached hydrogens (tertiary/aromatic N) is 1. The lowest BCUT2D eigenvalue weighted by molar-refractivity contribution is -0.274. The van der Waals surface area contributed by atoms with Crippen molar-refractivity contribution >= 4 is 5.69 Å². The minimum Gasteiger partial charge on any atom is -0.494 e. The van der Waals surface area contributed by atoms with E-state index in [0.717, 1.165) is 17.0 Å². The molecule has 0 aromatic heterocycles. The highest BCUT2D eigenvalue weighted by molar-refractivity contribution is 5.79. The lowest BCUT2D eigenvalue weighted by atomic mass is 10.0. The van der Waals surface area contributed by atoms with E-state index in [-0.39, 0.29) is 11.4 Å². The first-order chi connectivity index (χ1) is 12.9. The second kappa shape index (κ2) is 8.17. The van der Waals surface area contributed by atoms with Crippen molar-refractivity contribution in [2.24, 2.45) is 0 Å². The number of hydrogen-bond donors (Lipinski definition) is 1. The van der Waals surface area contributed by atoms with E-state index in [1.54, 1.807) is 6.07 Å². The molecule has 2 aromatic carbocycles. The van der Waals surface area contributed by atoms with Crippen molar-refractivity contribution in [2.45, 2.75) is 18.6 Å². The molecule has 0 bridgehead atoms. The van der Waals surface area contributed by atoms with Gasteiger partial charge in [-0.05, 0) is 23.8 Å². The molecule has 4 nitrogen and oxygen atoms in total. The van der Waals surface area contributed by atoms with Crippen LogP contribution < -0.4 is 14.4 Å². The van der Waals surface area contributed by atoms with Gasteiger partial charge in [-0.2, -0.15) is 13.2 Å². The van der Waals surface area contributed by atoms with E-state index in [9.17, 15) is 31.4 Å². The van der Waals surface area contributed by atoms with Crippen LogP contribution in [0.2, 0.25) is 0 Å². The van der Waals surface area contributed by atoms with Crippen LogP contribution in [0.4, 0.5) is 32.0 Å². The molecule has 0 heterocycles. The Hall–Kier alpha value is -2.62. The molecule has 0 radical (unpaired) electrons. The van der Waals surface area contributed by atoms with Crippen LogP contribution >= 0.6 is 0 Å². The Bertz CT molecular complexity index is 807. The quantitative estimate of drug-likeness (QED) is 0.707. The molecular weight excluding hydrogens is 392 g/mol. The van der Waals surface area contributed by atoms with Gasteiger partial charge in [0.15, 0.2) is 6.10 Å². The van der Waals surface area contributed by atoms with Gasteiger partial charge in [0.1, 0.15) is 11.5 Å². The largest absolute Gasteiger partial charge is 0.573 e. The molecule has 10 heteroatoms. The average Bonchev–Trinajstić information content (AvgIpc) is 2.58. The van der Waals surface area contributed by atoms with Gasteiger partial charge in [-0.3, -0.25) is 0 Å². The summed E-state index contributed by atoms with van der Waals surface area (Å²) in [5, 5.41) is 9.28. The maximum absolute atomic E-state index is 12.6. The number of likely N-dealkylation sites (N-methyl/N-ethyl adjacent to an activating group) is 1. The molecule has 0 saturated carbocycles. The Morgan fingerprint density at radius 3 is 2.25 bits per heavy atom. The van der Waals surface area contributed by atoms with Gasteiger partial charge in [-0.25, -0.2) is 0 Å². The summed E-state index contributed by atoms with van der Waals surface area (Å²) in [6.07, 6.45) is -12.2. The van der Waals surface area contributed by atoms with Crippen molar-refractivity contribution in [1.82, 2.24) is 0 Å². The standard InChI is InChI=1S/C18H17F6NO3/c1-25(10-15(26)17(19,20)21)14-8-4-7-13(16(14)27-2)11-5-3-6-12(9-11)28-18(22,23)24/h3-9,15,26H,10H2,1-2H3. The number of para-hydroxylation sites is 1. The first kappa shape index (κ1) is 21.7. The van der Waals surface area contributed by atoms with E-state index in [1.807, 2.05) is 0 Å². The molecule has 0 aliphatic heterocycles. The van der Waals surface area contributed by atoms with Gasteiger partial charge in [0.2, 0.25) is 0 Å². The molecule has 154 valence electrons. The zero-order valence-corrected chi connectivity index (χ0v) is 14.8. The van der Waals surface area contributed by atoms with Gasteiger partial charge in [-0.15, -0.1) is 13.2 Å². The summed E-state index contributed by atoms with van der Waals surface area (Å²) in [4.78, 5) is 1.15. The number of benzene rings is 2. The van der Waals surface area contributed by atoms with Crippen LogP contribution in [0, 0.1) is 0 Å². The van der Waals surface area contributed by atoms with Crippen LogP contribution in [0.25, 0.3) is 11.1 Å². The molecule has 2 rings (SSSR count). The highest BCUT2D eigenvalue weighted by atomic mass is 19.4. The van der Waals surface area contributed by atoms with E-state index >= 15 is 0 Å². The Balaban J connectivity index is 2.40. The van der Waals surface area contributed by atoms with Crippen molar-refractivity contribution in [3.05, 3.63) is 42.5 Å². The summed E-state index contributed by atoms with van der Waals surface area (Å²) >= 11 is 0. The minimum atomic E-state index is -4.86. The minimum absolute atomic E-state index is 0.142. The fourth-order valence-electron chi connectivity index (χ4n) is 2.59. The number of aliphatic hydroxyl groups excluding tert-OH is 1. The van der Waals surface area contributed by atoms with Crippen LogP contribution in [-0.2, 0) is 0 Å². The molecule has 1 N–H and O–H groups in total. The van der Waals surface area contributed by atoms with Gasteiger partial charge in [0.05, 0.1) is 19.3 Å². The number of methoxy groups -OCH3 is 1. The Morgan fingerprint density at radius 1 is 1.04 bits per heavy atom. The highest BCUT2D eigenvalue weighted by Gasteiger charge is 2.39. The van der Waals surface area contributed by atoms with Crippen molar-refractivity contribution in [1.29, 1.82) is 0 Å².